The van der Waals surface area contributed by atoms with E-state index < -0.39 is 10.0 Å². The van der Waals surface area contributed by atoms with Crippen LogP contribution in [0.3, 0.4) is 0 Å². The highest BCUT2D eigenvalue weighted by atomic mass is 32.2. The molecule has 0 aliphatic heterocycles. The summed E-state index contributed by atoms with van der Waals surface area (Å²) in [4.78, 5) is 0.373. The summed E-state index contributed by atoms with van der Waals surface area (Å²) in [6.07, 6.45) is 5.37. The van der Waals surface area contributed by atoms with E-state index >= 15 is 0 Å². The second kappa shape index (κ2) is 6.58. The van der Waals surface area contributed by atoms with Crippen molar-refractivity contribution in [2.45, 2.75) is 50.0 Å². The fourth-order valence-electron chi connectivity index (χ4n) is 4.52. The standard InChI is InChI=1S/C21H25NO2S/c1-15-9-11-20(12-10-15)25(23,24)22-21-18-7-4-8-19(21)14-17-6-3-2-5-16(17)13-18/h2-3,5-6,9-12,18-19,21-22H,4,7-8,13-14H2,1H3. The predicted octanol–water partition coefficient (Wildman–Crippen LogP) is 3.86. The summed E-state index contributed by atoms with van der Waals surface area (Å²) in [6.45, 7) is 1.97. The van der Waals surface area contributed by atoms with Gasteiger partial charge in [0.15, 0.2) is 0 Å². The molecule has 0 heterocycles. The molecule has 2 bridgehead atoms. The first-order chi connectivity index (χ1) is 12.0. The zero-order chi connectivity index (χ0) is 17.4. The van der Waals surface area contributed by atoms with E-state index in [2.05, 4.69) is 29.0 Å². The summed E-state index contributed by atoms with van der Waals surface area (Å²) in [5.41, 5.74) is 3.87. The molecule has 2 unspecified atom stereocenters. The van der Waals surface area contributed by atoms with Gasteiger partial charge in [0.2, 0.25) is 10.0 Å². The number of aryl methyl sites for hydroxylation is 1. The van der Waals surface area contributed by atoms with Crippen molar-refractivity contribution in [2.75, 3.05) is 0 Å². The monoisotopic (exact) mass is 355 g/mol. The molecule has 0 amide bonds. The van der Waals surface area contributed by atoms with Crippen LogP contribution >= 0.6 is 0 Å². The van der Waals surface area contributed by atoms with Crippen LogP contribution in [0.2, 0.25) is 0 Å². The van der Waals surface area contributed by atoms with Crippen LogP contribution in [0.5, 0.6) is 0 Å². The Morgan fingerprint density at radius 1 is 0.880 bits per heavy atom. The van der Waals surface area contributed by atoms with Gasteiger partial charge in [-0.25, -0.2) is 13.1 Å². The van der Waals surface area contributed by atoms with Crippen LogP contribution in [0.1, 0.15) is 36.0 Å². The number of rotatable bonds is 3. The molecule has 2 aliphatic carbocycles. The number of nitrogens with one attached hydrogen (secondary N) is 1. The molecule has 1 saturated carbocycles. The van der Waals surface area contributed by atoms with Crippen LogP contribution in [0.15, 0.2) is 53.4 Å². The van der Waals surface area contributed by atoms with Crippen LogP contribution in [-0.4, -0.2) is 14.5 Å². The molecule has 25 heavy (non-hydrogen) atoms. The Kier molecular flexibility index (Phi) is 4.42. The Morgan fingerprint density at radius 3 is 2.00 bits per heavy atom. The lowest BCUT2D eigenvalue weighted by atomic mass is 9.76. The fourth-order valence-corrected chi connectivity index (χ4v) is 5.90. The average molecular weight is 356 g/mol. The highest BCUT2D eigenvalue weighted by Gasteiger charge is 2.38. The second-order valence-corrected chi connectivity index (χ2v) is 9.30. The normalized spacial score (nSPS) is 25.9. The third kappa shape index (κ3) is 3.38. The molecule has 2 aromatic carbocycles. The maximum Gasteiger partial charge on any atom is 0.240 e. The zero-order valence-corrected chi connectivity index (χ0v) is 15.4. The van der Waals surface area contributed by atoms with Crippen molar-refractivity contribution < 1.29 is 8.42 Å². The summed E-state index contributed by atoms with van der Waals surface area (Å²) in [5.74, 6) is 0.783. The Hall–Kier alpha value is -1.65. The summed E-state index contributed by atoms with van der Waals surface area (Å²) in [5, 5.41) is 0. The van der Waals surface area contributed by atoms with Gasteiger partial charge < -0.3 is 0 Å². The van der Waals surface area contributed by atoms with Crippen molar-refractivity contribution >= 4 is 10.0 Å². The van der Waals surface area contributed by atoms with Crippen molar-refractivity contribution in [2.24, 2.45) is 11.8 Å². The van der Waals surface area contributed by atoms with Crippen molar-refractivity contribution in [3.05, 3.63) is 65.2 Å². The maximum absolute atomic E-state index is 12.9. The van der Waals surface area contributed by atoms with E-state index in [0.717, 1.165) is 31.2 Å². The molecule has 0 saturated heterocycles. The molecular weight excluding hydrogens is 330 g/mol. The summed E-state index contributed by atoms with van der Waals surface area (Å²) in [7, 11) is -3.47. The predicted molar refractivity (Wildman–Crippen MR) is 100.0 cm³/mol. The molecule has 0 spiro atoms. The van der Waals surface area contributed by atoms with Crippen LogP contribution in [0.25, 0.3) is 0 Å². The highest BCUT2D eigenvalue weighted by molar-refractivity contribution is 7.89. The van der Waals surface area contributed by atoms with E-state index in [1.807, 2.05) is 19.1 Å². The third-order valence-electron chi connectivity index (χ3n) is 5.87. The number of hydrogen-bond donors (Lipinski definition) is 1. The Balaban J connectivity index is 1.63. The molecular formula is C21H25NO2S. The number of fused-ring (bicyclic) bond motifs is 3. The molecule has 1 N–H and O–H groups in total. The first-order valence-corrected chi connectivity index (χ1v) is 10.7. The first kappa shape index (κ1) is 16.8. The smallest absolute Gasteiger partial charge is 0.207 e. The van der Waals surface area contributed by atoms with Gasteiger partial charge in [0.25, 0.3) is 0 Å². The van der Waals surface area contributed by atoms with E-state index in [9.17, 15) is 8.42 Å². The highest BCUT2D eigenvalue weighted by Crippen LogP contribution is 2.38. The quantitative estimate of drug-likeness (QED) is 0.909. The van der Waals surface area contributed by atoms with E-state index in [0.29, 0.717) is 16.7 Å². The minimum absolute atomic E-state index is 0.0347. The van der Waals surface area contributed by atoms with Crippen LogP contribution < -0.4 is 4.72 Å². The van der Waals surface area contributed by atoms with E-state index in [-0.39, 0.29) is 6.04 Å². The molecule has 4 rings (SSSR count). The Labute approximate surface area is 150 Å². The van der Waals surface area contributed by atoms with Crippen molar-refractivity contribution in [1.29, 1.82) is 0 Å². The molecule has 3 nitrogen and oxygen atoms in total. The number of benzene rings is 2. The summed E-state index contributed by atoms with van der Waals surface area (Å²) < 4.78 is 28.9. The van der Waals surface area contributed by atoms with Gasteiger partial charge in [0, 0.05) is 6.04 Å². The molecule has 132 valence electrons. The molecule has 4 heteroatoms. The van der Waals surface area contributed by atoms with Gasteiger partial charge in [-0.15, -0.1) is 0 Å². The van der Waals surface area contributed by atoms with Crippen molar-refractivity contribution in [3.8, 4) is 0 Å². The topological polar surface area (TPSA) is 46.2 Å². The van der Waals surface area contributed by atoms with Crippen molar-refractivity contribution in [1.82, 2.24) is 4.72 Å². The summed E-state index contributed by atoms with van der Waals surface area (Å²) in [6, 6.07) is 15.8. The van der Waals surface area contributed by atoms with Gasteiger partial charge in [-0.3, -0.25) is 0 Å². The third-order valence-corrected chi connectivity index (χ3v) is 7.35. The average Bonchev–Trinajstić information content (AvgIpc) is 2.66. The molecule has 0 aromatic heterocycles. The van der Waals surface area contributed by atoms with Gasteiger partial charge in [0.1, 0.15) is 0 Å². The van der Waals surface area contributed by atoms with E-state index in [1.165, 1.54) is 17.5 Å². The Morgan fingerprint density at radius 2 is 1.44 bits per heavy atom. The van der Waals surface area contributed by atoms with Gasteiger partial charge in [0.05, 0.1) is 4.90 Å². The lowest BCUT2D eigenvalue weighted by Gasteiger charge is -2.36. The number of hydrogen-bond acceptors (Lipinski definition) is 2. The van der Waals surface area contributed by atoms with Crippen molar-refractivity contribution in [3.63, 3.8) is 0 Å². The summed E-state index contributed by atoms with van der Waals surface area (Å²) >= 11 is 0. The SMILES string of the molecule is Cc1ccc(S(=O)(=O)NC2C3CCCC2Cc2ccccc2C3)cc1. The molecule has 2 aromatic rings. The molecule has 2 atom stereocenters. The Bertz CT molecular complexity index is 825. The molecule has 0 radical (unpaired) electrons. The van der Waals surface area contributed by atoms with Gasteiger partial charge in [-0.05, 0) is 67.7 Å². The van der Waals surface area contributed by atoms with E-state index in [1.54, 1.807) is 12.1 Å². The van der Waals surface area contributed by atoms with Crippen LogP contribution in [0.4, 0.5) is 0 Å². The minimum Gasteiger partial charge on any atom is -0.207 e. The van der Waals surface area contributed by atoms with Crippen LogP contribution in [0, 0.1) is 18.8 Å². The largest absolute Gasteiger partial charge is 0.240 e. The second-order valence-electron chi connectivity index (χ2n) is 7.59. The van der Waals surface area contributed by atoms with Gasteiger partial charge in [-0.1, -0.05) is 48.4 Å². The first-order valence-electron chi connectivity index (χ1n) is 9.19. The number of sulfonamides is 1. The minimum atomic E-state index is -3.47. The van der Waals surface area contributed by atoms with Gasteiger partial charge >= 0.3 is 0 Å². The molecule has 2 aliphatic rings. The van der Waals surface area contributed by atoms with E-state index in [4.69, 9.17) is 0 Å². The lowest BCUT2D eigenvalue weighted by molar-refractivity contribution is 0.211. The molecule has 1 fully saturated rings. The fraction of sp³-hybridized carbons (Fsp3) is 0.429. The zero-order valence-electron chi connectivity index (χ0n) is 14.6. The maximum atomic E-state index is 12.9. The lowest BCUT2D eigenvalue weighted by Crippen LogP contribution is -2.47. The van der Waals surface area contributed by atoms with Gasteiger partial charge in [-0.2, -0.15) is 0 Å². The van der Waals surface area contributed by atoms with Crippen LogP contribution in [-0.2, 0) is 22.9 Å².